The Morgan fingerprint density at radius 1 is 1.16 bits per heavy atom. The van der Waals surface area contributed by atoms with Gasteiger partial charge in [-0.25, -0.2) is 4.68 Å². The maximum absolute atomic E-state index is 11.9. The summed E-state index contributed by atoms with van der Waals surface area (Å²) in [6.45, 7) is 1.26. The summed E-state index contributed by atoms with van der Waals surface area (Å²) in [4.78, 5) is 38.0. The third kappa shape index (κ3) is 6.21. The van der Waals surface area contributed by atoms with E-state index in [-0.39, 0.29) is 17.0 Å². The Labute approximate surface area is 216 Å². The van der Waals surface area contributed by atoms with Crippen LogP contribution in [0, 0.1) is 0 Å². The second-order valence-corrected chi connectivity index (χ2v) is 13.0. The molecule has 0 radical (unpaired) electrons. The van der Waals surface area contributed by atoms with Crippen molar-refractivity contribution in [3.8, 4) is 0 Å². The highest BCUT2D eigenvalue weighted by molar-refractivity contribution is 7.70. The van der Waals surface area contributed by atoms with Crippen molar-refractivity contribution in [1.29, 1.82) is 0 Å². The van der Waals surface area contributed by atoms with Crippen LogP contribution in [-0.4, -0.2) is 82.5 Å². The molecular formula is C20H26ClN5O9P2. The van der Waals surface area contributed by atoms with Crippen molar-refractivity contribution < 1.29 is 43.3 Å². The fourth-order valence-electron chi connectivity index (χ4n) is 4.01. The number of anilines is 1. The van der Waals surface area contributed by atoms with Crippen LogP contribution in [0.25, 0.3) is 11.0 Å². The molecule has 2 aromatic heterocycles. The maximum atomic E-state index is 11.9. The minimum absolute atomic E-state index is 0.0945. The van der Waals surface area contributed by atoms with Gasteiger partial charge in [0.1, 0.15) is 24.1 Å². The van der Waals surface area contributed by atoms with Crippen molar-refractivity contribution in [3.05, 3.63) is 47.4 Å². The van der Waals surface area contributed by atoms with Crippen molar-refractivity contribution in [2.24, 2.45) is 0 Å². The van der Waals surface area contributed by atoms with Crippen LogP contribution in [0.5, 0.6) is 0 Å². The molecule has 37 heavy (non-hydrogen) atoms. The molecule has 1 aliphatic heterocycles. The summed E-state index contributed by atoms with van der Waals surface area (Å²) < 4.78 is 34.6. The van der Waals surface area contributed by atoms with E-state index < -0.39 is 52.2 Å². The Bertz CT molecular complexity index is 1360. The molecule has 4 rings (SSSR count). The van der Waals surface area contributed by atoms with Crippen molar-refractivity contribution in [2.45, 2.75) is 37.5 Å². The molecule has 202 valence electrons. The van der Waals surface area contributed by atoms with E-state index in [9.17, 15) is 24.2 Å². The largest absolute Gasteiger partial charge is 0.387 e. The predicted octanol–water partition coefficient (Wildman–Crippen LogP) is 1.63. The van der Waals surface area contributed by atoms with Crippen LogP contribution in [0.3, 0.4) is 0 Å². The number of nitrogens with zero attached hydrogens (tertiary/aromatic N) is 5. The lowest BCUT2D eigenvalue weighted by atomic mass is 10.1. The van der Waals surface area contributed by atoms with Crippen molar-refractivity contribution in [3.63, 3.8) is 0 Å². The van der Waals surface area contributed by atoms with E-state index in [2.05, 4.69) is 15.1 Å². The molecule has 0 bridgehead atoms. The molecule has 0 amide bonds. The van der Waals surface area contributed by atoms with Crippen LogP contribution in [0.2, 0.25) is 5.28 Å². The normalized spacial score (nSPS) is 24.8. The van der Waals surface area contributed by atoms with Crippen molar-refractivity contribution in [1.82, 2.24) is 19.7 Å². The van der Waals surface area contributed by atoms with Crippen LogP contribution in [-0.2, 0) is 18.4 Å². The molecule has 17 heteroatoms. The van der Waals surface area contributed by atoms with Gasteiger partial charge in [-0.15, -0.1) is 0 Å². The molecule has 1 aliphatic rings. The van der Waals surface area contributed by atoms with E-state index in [1.165, 1.54) is 10.9 Å². The number of aliphatic hydroxyl groups is 2. The fourth-order valence-corrected chi connectivity index (χ4v) is 6.74. The van der Waals surface area contributed by atoms with Gasteiger partial charge < -0.3 is 39.1 Å². The summed E-state index contributed by atoms with van der Waals surface area (Å²) in [5, 5.41) is 25.7. The second kappa shape index (κ2) is 10.7. The van der Waals surface area contributed by atoms with Crippen LogP contribution in [0.15, 0.2) is 36.5 Å². The standard InChI is InChI=1S/C20H26ClN5O9P2/c1-11(12-6-4-3-5-7-12)25(2)17-13-8-22-26(18(13)24-20(21)23-17)19-16(28)15(27)14(35-19)9-34-37(32,33)10-36(29,30)31/h3-8,11,14-16,19,27-28H,9-10H2,1-2H3,(H,32,33)(H2,29,30,31)/t11-,14-,15-,16-,19-/m1/s1. The lowest BCUT2D eigenvalue weighted by molar-refractivity contribution is -0.0541. The van der Waals surface area contributed by atoms with Gasteiger partial charge in [-0.2, -0.15) is 15.1 Å². The van der Waals surface area contributed by atoms with Crippen molar-refractivity contribution >= 4 is 43.6 Å². The number of aromatic nitrogens is 4. The summed E-state index contributed by atoms with van der Waals surface area (Å²) in [5.41, 5.74) is 1.23. The molecular weight excluding hydrogens is 552 g/mol. The van der Waals surface area contributed by atoms with Crippen LogP contribution in [0.4, 0.5) is 5.82 Å². The molecule has 0 saturated carbocycles. The highest BCUT2D eigenvalue weighted by Gasteiger charge is 2.46. The molecule has 0 aliphatic carbocycles. The van der Waals surface area contributed by atoms with Crippen molar-refractivity contribution in [2.75, 3.05) is 24.5 Å². The Hall–Kier alpha value is -1.96. The van der Waals surface area contributed by atoms with Gasteiger partial charge in [-0.05, 0) is 24.1 Å². The number of hydrogen-bond donors (Lipinski definition) is 5. The monoisotopic (exact) mass is 577 g/mol. The van der Waals surface area contributed by atoms with Gasteiger partial charge in [0.05, 0.1) is 24.2 Å². The molecule has 3 aromatic rings. The summed E-state index contributed by atoms with van der Waals surface area (Å²) in [6.07, 6.45) is -4.25. The Balaban J connectivity index is 1.59. The molecule has 5 N–H and O–H groups in total. The molecule has 6 atom stereocenters. The first-order valence-electron chi connectivity index (χ1n) is 11.0. The number of hydrogen-bond acceptors (Lipinski definition) is 10. The summed E-state index contributed by atoms with van der Waals surface area (Å²) >= 11 is 6.22. The number of benzene rings is 1. The van der Waals surface area contributed by atoms with E-state index in [0.717, 1.165) is 5.56 Å². The average Bonchev–Trinajstić information content (AvgIpc) is 3.36. The Morgan fingerprint density at radius 2 is 1.84 bits per heavy atom. The van der Waals surface area contributed by atoms with E-state index >= 15 is 0 Å². The van der Waals surface area contributed by atoms with Gasteiger partial charge >= 0.3 is 15.2 Å². The summed E-state index contributed by atoms with van der Waals surface area (Å²) in [5.74, 6) is -0.935. The van der Waals surface area contributed by atoms with Crippen LogP contribution < -0.4 is 4.90 Å². The first-order valence-corrected chi connectivity index (χ1v) is 14.9. The molecule has 1 fully saturated rings. The Morgan fingerprint density at radius 3 is 2.49 bits per heavy atom. The second-order valence-electron chi connectivity index (χ2n) is 8.63. The van der Waals surface area contributed by atoms with Gasteiger partial charge in [0.15, 0.2) is 17.8 Å². The lowest BCUT2D eigenvalue weighted by Crippen LogP contribution is -2.33. The SMILES string of the molecule is C[C@H](c1ccccc1)N(C)c1nc(Cl)nc2c1cnn2[C@@H]1O[C@H](COP(=O)(O)CP(=O)(O)O)[C@@H](O)[C@H]1O. The number of rotatable bonds is 9. The molecule has 1 aromatic carbocycles. The quantitative estimate of drug-likeness (QED) is 0.182. The van der Waals surface area contributed by atoms with Gasteiger partial charge in [0.2, 0.25) is 5.28 Å². The molecule has 1 unspecified atom stereocenters. The van der Waals surface area contributed by atoms with Gasteiger partial charge in [0, 0.05) is 7.05 Å². The minimum atomic E-state index is -4.84. The fraction of sp³-hybridized carbons (Fsp3) is 0.450. The van der Waals surface area contributed by atoms with Crippen LogP contribution >= 0.6 is 26.8 Å². The third-order valence-corrected chi connectivity index (χ3v) is 9.61. The molecule has 3 heterocycles. The smallest absolute Gasteiger partial charge is 0.340 e. The number of halogens is 1. The zero-order valence-electron chi connectivity index (χ0n) is 19.6. The number of ether oxygens (including phenoxy) is 1. The molecule has 1 saturated heterocycles. The summed E-state index contributed by atoms with van der Waals surface area (Å²) in [7, 11) is -7.70. The minimum Gasteiger partial charge on any atom is -0.387 e. The van der Waals surface area contributed by atoms with E-state index in [4.69, 9.17) is 30.6 Å². The Kier molecular flexibility index (Phi) is 8.08. The van der Waals surface area contributed by atoms with E-state index in [1.54, 1.807) is 0 Å². The zero-order valence-corrected chi connectivity index (χ0v) is 22.2. The summed E-state index contributed by atoms with van der Waals surface area (Å²) in [6, 6.07) is 9.61. The first-order chi connectivity index (χ1) is 17.3. The van der Waals surface area contributed by atoms with Gasteiger partial charge in [-0.1, -0.05) is 30.3 Å². The predicted molar refractivity (Wildman–Crippen MR) is 132 cm³/mol. The highest BCUT2D eigenvalue weighted by atomic mass is 35.5. The average molecular weight is 578 g/mol. The molecule has 0 spiro atoms. The van der Waals surface area contributed by atoms with Gasteiger partial charge in [0.25, 0.3) is 0 Å². The first kappa shape index (κ1) is 28.1. The molecule has 14 nitrogen and oxygen atoms in total. The van der Waals surface area contributed by atoms with Gasteiger partial charge in [-0.3, -0.25) is 9.13 Å². The van der Waals surface area contributed by atoms with E-state index in [0.29, 0.717) is 11.2 Å². The third-order valence-electron chi connectivity index (χ3n) is 5.99. The topological polar surface area (TPSA) is 201 Å². The number of aliphatic hydroxyl groups excluding tert-OH is 2. The van der Waals surface area contributed by atoms with E-state index in [1.807, 2.05) is 49.2 Å². The van der Waals surface area contributed by atoms with Crippen LogP contribution in [0.1, 0.15) is 24.8 Å². The zero-order chi connectivity index (χ0) is 27.1. The highest BCUT2D eigenvalue weighted by Crippen LogP contribution is 2.55. The number of fused-ring (bicyclic) bond motifs is 1. The maximum Gasteiger partial charge on any atom is 0.340 e. The lowest BCUT2D eigenvalue weighted by Gasteiger charge is -2.27.